The van der Waals surface area contributed by atoms with Gasteiger partial charge in [-0.1, -0.05) is 0 Å². The minimum atomic E-state index is -1.19. The number of carboxylic acids is 1. The largest absolute Gasteiger partial charge is 0.478 e. The summed E-state index contributed by atoms with van der Waals surface area (Å²) in [5.41, 5.74) is 0.0752. The number of anilines is 1. The van der Waals surface area contributed by atoms with Gasteiger partial charge >= 0.3 is 5.97 Å². The van der Waals surface area contributed by atoms with Gasteiger partial charge in [-0.15, -0.1) is 0 Å². The first kappa shape index (κ1) is 15.2. The van der Waals surface area contributed by atoms with E-state index in [-0.39, 0.29) is 17.4 Å². The number of nitrogens with one attached hydrogen (secondary N) is 1. The van der Waals surface area contributed by atoms with Crippen LogP contribution in [0.1, 0.15) is 36.0 Å². The van der Waals surface area contributed by atoms with E-state index in [2.05, 4.69) is 5.32 Å². The zero-order valence-electron chi connectivity index (χ0n) is 11.6. The van der Waals surface area contributed by atoms with Gasteiger partial charge in [0.25, 0.3) is 5.69 Å². The highest BCUT2D eigenvalue weighted by molar-refractivity contribution is 5.95. The molecule has 21 heavy (non-hydrogen) atoms. The highest BCUT2D eigenvalue weighted by Gasteiger charge is 2.17. The zero-order valence-corrected chi connectivity index (χ0v) is 11.6. The lowest BCUT2D eigenvalue weighted by molar-refractivity contribution is -0.384. The number of hydrogen-bond acceptors (Lipinski definition) is 5. The number of ether oxygens (including phenoxy) is 1. The third kappa shape index (κ3) is 4.16. The molecule has 1 aliphatic heterocycles. The third-order valence-corrected chi connectivity index (χ3v) is 3.50. The van der Waals surface area contributed by atoms with Crippen molar-refractivity contribution in [2.45, 2.75) is 31.8 Å². The molecular formula is C14H18N2O5. The van der Waals surface area contributed by atoms with Crippen LogP contribution >= 0.6 is 0 Å². The van der Waals surface area contributed by atoms with Crippen LogP contribution < -0.4 is 5.32 Å². The smallest absolute Gasteiger partial charge is 0.338 e. The van der Waals surface area contributed by atoms with E-state index in [0.717, 1.165) is 38.4 Å². The molecule has 0 aromatic heterocycles. The summed E-state index contributed by atoms with van der Waals surface area (Å²) in [5, 5.41) is 22.8. The maximum Gasteiger partial charge on any atom is 0.338 e. The van der Waals surface area contributed by atoms with E-state index in [0.29, 0.717) is 12.2 Å². The first-order chi connectivity index (χ1) is 10.1. The van der Waals surface area contributed by atoms with Crippen LogP contribution in [0.3, 0.4) is 0 Å². The number of aromatic carboxylic acids is 1. The molecule has 1 aromatic rings. The summed E-state index contributed by atoms with van der Waals surface area (Å²) < 4.78 is 5.60. The van der Waals surface area contributed by atoms with E-state index in [4.69, 9.17) is 9.84 Å². The number of non-ortho nitro benzene ring substituents is 1. The average Bonchev–Trinajstić information content (AvgIpc) is 2.48. The van der Waals surface area contributed by atoms with Crippen molar-refractivity contribution in [2.24, 2.45) is 0 Å². The van der Waals surface area contributed by atoms with Gasteiger partial charge in [-0.2, -0.15) is 0 Å². The molecule has 0 spiro atoms. The van der Waals surface area contributed by atoms with Gasteiger partial charge in [0.1, 0.15) is 0 Å². The van der Waals surface area contributed by atoms with E-state index in [1.54, 1.807) is 0 Å². The fourth-order valence-electron chi connectivity index (χ4n) is 2.38. The van der Waals surface area contributed by atoms with Crippen molar-refractivity contribution in [1.29, 1.82) is 0 Å². The lowest BCUT2D eigenvalue weighted by atomic mass is 10.1. The minimum Gasteiger partial charge on any atom is -0.478 e. The first-order valence-electron chi connectivity index (χ1n) is 6.95. The topological polar surface area (TPSA) is 102 Å². The Morgan fingerprint density at radius 1 is 1.48 bits per heavy atom. The van der Waals surface area contributed by atoms with Crippen LogP contribution in [0.15, 0.2) is 18.2 Å². The van der Waals surface area contributed by atoms with Crippen LogP contribution in [0.2, 0.25) is 0 Å². The molecule has 0 saturated carbocycles. The first-order valence-corrected chi connectivity index (χ1v) is 6.95. The molecule has 1 saturated heterocycles. The summed E-state index contributed by atoms with van der Waals surface area (Å²) in [7, 11) is 0. The van der Waals surface area contributed by atoms with Gasteiger partial charge in [0.05, 0.1) is 16.6 Å². The molecule has 7 nitrogen and oxygen atoms in total. The lowest BCUT2D eigenvalue weighted by Crippen LogP contribution is -2.22. The molecule has 0 amide bonds. The fraction of sp³-hybridized carbons (Fsp3) is 0.500. The van der Waals surface area contributed by atoms with Gasteiger partial charge in [-0.3, -0.25) is 10.1 Å². The quantitative estimate of drug-likeness (QED) is 0.617. The SMILES string of the molecule is O=C(O)c1cc([N+](=O)[O-])ccc1NCCC1CCCCO1. The van der Waals surface area contributed by atoms with Crippen LogP contribution in [-0.2, 0) is 4.74 Å². The van der Waals surface area contributed by atoms with E-state index >= 15 is 0 Å². The van der Waals surface area contributed by atoms with Crippen LogP contribution in [0.4, 0.5) is 11.4 Å². The molecule has 0 bridgehead atoms. The monoisotopic (exact) mass is 294 g/mol. The summed E-state index contributed by atoms with van der Waals surface area (Å²) >= 11 is 0. The standard InChI is InChI=1S/C14H18N2O5/c17-14(18)12-9-10(16(19)20)4-5-13(12)15-7-6-11-3-1-2-8-21-11/h4-5,9,11,15H,1-3,6-8H2,(H,17,18). The highest BCUT2D eigenvalue weighted by atomic mass is 16.6. The third-order valence-electron chi connectivity index (χ3n) is 3.50. The summed E-state index contributed by atoms with van der Waals surface area (Å²) in [6.07, 6.45) is 4.26. The van der Waals surface area contributed by atoms with E-state index in [1.165, 1.54) is 12.1 Å². The van der Waals surface area contributed by atoms with Crippen LogP contribution in [0.5, 0.6) is 0 Å². The molecule has 1 fully saturated rings. The van der Waals surface area contributed by atoms with Gasteiger partial charge in [0.2, 0.25) is 0 Å². The predicted octanol–water partition coefficient (Wildman–Crippen LogP) is 2.66. The average molecular weight is 294 g/mol. The number of nitro groups is 1. The molecule has 1 aliphatic rings. The number of nitrogens with zero attached hydrogens (tertiary/aromatic N) is 1. The van der Waals surface area contributed by atoms with E-state index < -0.39 is 10.9 Å². The van der Waals surface area contributed by atoms with E-state index in [1.807, 2.05) is 0 Å². The van der Waals surface area contributed by atoms with Crippen molar-refractivity contribution in [2.75, 3.05) is 18.5 Å². The summed E-state index contributed by atoms with van der Waals surface area (Å²) in [6, 6.07) is 3.80. The van der Waals surface area contributed by atoms with Gasteiger partial charge in [0, 0.05) is 31.0 Å². The normalized spacial score (nSPS) is 18.2. The number of rotatable bonds is 6. The van der Waals surface area contributed by atoms with Crippen LogP contribution in [0.25, 0.3) is 0 Å². The summed E-state index contributed by atoms with van der Waals surface area (Å²) in [6.45, 7) is 1.35. The highest BCUT2D eigenvalue weighted by Crippen LogP contribution is 2.23. The lowest BCUT2D eigenvalue weighted by Gasteiger charge is -2.22. The zero-order chi connectivity index (χ0) is 15.2. The maximum absolute atomic E-state index is 11.2. The second-order valence-electron chi connectivity index (χ2n) is 5.00. The molecule has 7 heteroatoms. The molecule has 114 valence electrons. The number of benzene rings is 1. The van der Waals surface area contributed by atoms with Crippen molar-refractivity contribution >= 4 is 17.3 Å². The molecule has 0 aliphatic carbocycles. The van der Waals surface area contributed by atoms with E-state index in [9.17, 15) is 14.9 Å². The number of nitro benzene ring substituents is 1. The van der Waals surface area contributed by atoms with Crippen molar-refractivity contribution in [3.63, 3.8) is 0 Å². The Bertz CT molecular complexity index is 526. The van der Waals surface area contributed by atoms with Crippen molar-refractivity contribution in [3.8, 4) is 0 Å². The Balaban J connectivity index is 1.98. The molecule has 1 atom stereocenters. The number of hydrogen-bond donors (Lipinski definition) is 2. The molecular weight excluding hydrogens is 276 g/mol. The van der Waals surface area contributed by atoms with Crippen LogP contribution in [-0.4, -0.2) is 35.3 Å². The molecule has 1 unspecified atom stereocenters. The second kappa shape index (κ2) is 7.03. The number of carboxylic acid groups (broad SMARTS) is 1. The molecule has 2 N–H and O–H groups in total. The Labute approximate surface area is 122 Å². The maximum atomic E-state index is 11.2. The number of carbonyl (C=O) groups is 1. The minimum absolute atomic E-state index is 0.0891. The van der Waals surface area contributed by atoms with Gasteiger partial charge in [0.15, 0.2) is 0 Å². The Hall–Kier alpha value is -2.15. The summed E-state index contributed by atoms with van der Waals surface area (Å²) in [5.74, 6) is -1.19. The second-order valence-corrected chi connectivity index (χ2v) is 5.00. The van der Waals surface area contributed by atoms with Crippen molar-refractivity contribution in [1.82, 2.24) is 0 Å². The van der Waals surface area contributed by atoms with Gasteiger partial charge in [-0.25, -0.2) is 4.79 Å². The van der Waals surface area contributed by atoms with Crippen LogP contribution in [0, 0.1) is 10.1 Å². The van der Waals surface area contributed by atoms with Gasteiger partial charge < -0.3 is 15.2 Å². The predicted molar refractivity (Wildman–Crippen MR) is 76.8 cm³/mol. The molecule has 2 rings (SSSR count). The molecule has 1 heterocycles. The van der Waals surface area contributed by atoms with Crippen molar-refractivity contribution in [3.05, 3.63) is 33.9 Å². The Morgan fingerprint density at radius 2 is 2.29 bits per heavy atom. The summed E-state index contributed by atoms with van der Waals surface area (Å²) in [4.78, 5) is 21.3. The Morgan fingerprint density at radius 3 is 2.90 bits per heavy atom. The molecule has 0 radical (unpaired) electrons. The van der Waals surface area contributed by atoms with Gasteiger partial charge in [-0.05, 0) is 31.7 Å². The van der Waals surface area contributed by atoms with Crippen molar-refractivity contribution < 1.29 is 19.6 Å². The fourth-order valence-corrected chi connectivity index (χ4v) is 2.38. The Kier molecular flexibility index (Phi) is 5.10. The molecule has 1 aromatic carbocycles.